The Bertz CT molecular complexity index is 966. The summed E-state index contributed by atoms with van der Waals surface area (Å²) in [6.07, 6.45) is 1.84. The molecule has 4 N–H and O–H groups in total. The van der Waals surface area contributed by atoms with Crippen LogP contribution in [0.25, 0.3) is 0 Å². The molecule has 1 amide bonds. The van der Waals surface area contributed by atoms with Gasteiger partial charge in [-0.05, 0) is 60.3 Å². The molecule has 2 aromatic rings. The van der Waals surface area contributed by atoms with Crippen LogP contribution in [-0.4, -0.2) is 50.6 Å². The summed E-state index contributed by atoms with van der Waals surface area (Å²) in [4.78, 5) is 13.0. The van der Waals surface area contributed by atoms with E-state index in [0.29, 0.717) is 44.3 Å². The lowest BCUT2D eigenvalue weighted by Gasteiger charge is -2.30. The number of nitrogens with one attached hydrogen (secondary N) is 1. The molecule has 7 heteroatoms. The third-order valence-corrected chi connectivity index (χ3v) is 7.43. The van der Waals surface area contributed by atoms with Crippen LogP contribution >= 0.6 is 0 Å². The average molecular weight is 543 g/mol. The molecule has 4 atom stereocenters. The van der Waals surface area contributed by atoms with Gasteiger partial charge in [0.2, 0.25) is 5.91 Å². The number of carbonyl (C=O) groups is 1. The zero-order valence-electron chi connectivity index (χ0n) is 24.7. The molecule has 0 aliphatic heterocycles. The fourth-order valence-electron chi connectivity index (χ4n) is 4.78. The second-order valence-electron chi connectivity index (χ2n) is 11.1. The number of hydrogen-bond acceptors (Lipinski definition) is 6. The van der Waals surface area contributed by atoms with E-state index in [4.69, 9.17) is 19.9 Å². The summed E-state index contributed by atoms with van der Waals surface area (Å²) in [6.45, 7) is 10.1. The number of methoxy groups -OCH3 is 2. The number of aliphatic hydroxyl groups is 1. The summed E-state index contributed by atoms with van der Waals surface area (Å²) in [6, 6.07) is 15.4. The normalized spacial score (nSPS) is 14.6. The van der Waals surface area contributed by atoms with Gasteiger partial charge in [0.15, 0.2) is 11.5 Å². The highest BCUT2D eigenvalue weighted by atomic mass is 16.5. The van der Waals surface area contributed by atoms with Crippen LogP contribution in [0.1, 0.15) is 58.1 Å². The smallest absolute Gasteiger partial charge is 0.223 e. The van der Waals surface area contributed by atoms with E-state index in [-0.39, 0.29) is 23.7 Å². The van der Waals surface area contributed by atoms with Gasteiger partial charge >= 0.3 is 0 Å². The number of carbonyl (C=O) groups excluding carboxylic acids is 1. The zero-order valence-corrected chi connectivity index (χ0v) is 24.7. The summed E-state index contributed by atoms with van der Waals surface area (Å²) in [7, 11) is 3.32. The predicted molar refractivity (Wildman–Crippen MR) is 157 cm³/mol. The van der Waals surface area contributed by atoms with Gasteiger partial charge in [-0.1, -0.05) is 64.1 Å². The van der Waals surface area contributed by atoms with E-state index in [0.717, 1.165) is 29.7 Å². The molecule has 0 heterocycles. The van der Waals surface area contributed by atoms with E-state index in [1.54, 1.807) is 14.2 Å². The van der Waals surface area contributed by atoms with Crippen LogP contribution in [0.15, 0.2) is 48.5 Å². The summed E-state index contributed by atoms with van der Waals surface area (Å²) >= 11 is 0. The molecule has 0 saturated heterocycles. The fraction of sp³-hybridized carbons (Fsp3) is 0.594. The standard InChI is InChI=1S/C32H50N2O5/c1-22(2)26(17-25-13-14-30(38-6)31(18-25)39-16-10-15-37-5)19-28(33)29(35)20-27(23(3)4)32(36)34-21-24-11-8-7-9-12-24/h7-9,11-14,18,22-23,26-29,35H,10,15-17,19-21,33H2,1-6H3,(H,34,36)/t26-,27-,28-,29-/m0/s1. The first-order valence-corrected chi connectivity index (χ1v) is 14.2. The van der Waals surface area contributed by atoms with Gasteiger partial charge in [-0.25, -0.2) is 0 Å². The van der Waals surface area contributed by atoms with E-state index >= 15 is 0 Å². The Morgan fingerprint density at radius 2 is 1.64 bits per heavy atom. The van der Waals surface area contributed by atoms with Gasteiger partial charge < -0.3 is 30.4 Å². The van der Waals surface area contributed by atoms with Crippen molar-refractivity contribution >= 4 is 5.91 Å². The summed E-state index contributed by atoms with van der Waals surface area (Å²) in [5.41, 5.74) is 8.74. The summed E-state index contributed by atoms with van der Waals surface area (Å²) in [5.74, 6) is 1.78. The van der Waals surface area contributed by atoms with E-state index in [2.05, 4.69) is 25.2 Å². The maximum Gasteiger partial charge on any atom is 0.223 e. The minimum Gasteiger partial charge on any atom is -0.493 e. The number of hydrogen-bond donors (Lipinski definition) is 3. The highest BCUT2D eigenvalue weighted by Crippen LogP contribution is 2.31. The minimum absolute atomic E-state index is 0.0447. The number of nitrogens with two attached hydrogens (primary N) is 1. The van der Waals surface area contributed by atoms with Gasteiger partial charge in [0, 0.05) is 38.6 Å². The van der Waals surface area contributed by atoms with E-state index in [9.17, 15) is 9.90 Å². The van der Waals surface area contributed by atoms with Crippen LogP contribution in [-0.2, 0) is 22.5 Å². The minimum atomic E-state index is -0.767. The second-order valence-corrected chi connectivity index (χ2v) is 11.1. The van der Waals surface area contributed by atoms with Gasteiger partial charge in [0.05, 0.1) is 19.8 Å². The second kappa shape index (κ2) is 17.2. The van der Waals surface area contributed by atoms with Crippen molar-refractivity contribution in [1.82, 2.24) is 5.32 Å². The maximum atomic E-state index is 13.0. The topological polar surface area (TPSA) is 103 Å². The van der Waals surface area contributed by atoms with Gasteiger partial charge in [0.1, 0.15) is 0 Å². The Balaban J connectivity index is 2.00. The van der Waals surface area contributed by atoms with Crippen LogP contribution in [0.4, 0.5) is 0 Å². The van der Waals surface area contributed by atoms with Gasteiger partial charge in [0.25, 0.3) is 0 Å². The van der Waals surface area contributed by atoms with Crippen LogP contribution in [0.3, 0.4) is 0 Å². The van der Waals surface area contributed by atoms with Crippen molar-refractivity contribution in [2.75, 3.05) is 27.4 Å². The Labute approximate surface area is 235 Å². The number of benzene rings is 2. The highest BCUT2D eigenvalue weighted by molar-refractivity contribution is 5.78. The molecule has 0 radical (unpaired) electrons. The number of amides is 1. The van der Waals surface area contributed by atoms with Crippen LogP contribution in [0.5, 0.6) is 11.5 Å². The molecule has 2 aromatic carbocycles. The van der Waals surface area contributed by atoms with Crippen molar-refractivity contribution in [3.63, 3.8) is 0 Å². The molecule has 0 saturated carbocycles. The first-order chi connectivity index (χ1) is 18.7. The lowest BCUT2D eigenvalue weighted by atomic mass is 9.81. The molecule has 0 bridgehead atoms. The van der Waals surface area contributed by atoms with E-state index < -0.39 is 12.1 Å². The van der Waals surface area contributed by atoms with Crippen molar-refractivity contribution < 1.29 is 24.1 Å². The Kier molecular flexibility index (Phi) is 14.3. The third kappa shape index (κ3) is 11.2. The highest BCUT2D eigenvalue weighted by Gasteiger charge is 2.29. The van der Waals surface area contributed by atoms with Gasteiger partial charge in [-0.2, -0.15) is 0 Å². The summed E-state index contributed by atoms with van der Waals surface area (Å²) < 4.78 is 16.6. The first-order valence-electron chi connectivity index (χ1n) is 14.2. The molecule has 2 rings (SSSR count). The molecule has 7 nitrogen and oxygen atoms in total. The lowest BCUT2D eigenvalue weighted by Crippen LogP contribution is -2.42. The number of rotatable bonds is 18. The van der Waals surface area contributed by atoms with Crippen molar-refractivity contribution in [3.05, 3.63) is 59.7 Å². The average Bonchev–Trinajstić information content (AvgIpc) is 2.92. The zero-order chi connectivity index (χ0) is 28.8. The molecule has 0 unspecified atom stereocenters. The van der Waals surface area contributed by atoms with Gasteiger partial charge in [-0.15, -0.1) is 0 Å². The Morgan fingerprint density at radius 1 is 0.923 bits per heavy atom. The van der Waals surface area contributed by atoms with Crippen molar-refractivity contribution in [1.29, 1.82) is 0 Å². The van der Waals surface area contributed by atoms with Crippen molar-refractivity contribution in [2.24, 2.45) is 29.4 Å². The monoisotopic (exact) mass is 542 g/mol. The van der Waals surface area contributed by atoms with E-state index in [1.807, 2.05) is 56.3 Å². The molecule has 0 spiro atoms. The maximum absolute atomic E-state index is 13.0. The number of aliphatic hydroxyl groups excluding tert-OH is 1. The Morgan fingerprint density at radius 3 is 2.26 bits per heavy atom. The largest absolute Gasteiger partial charge is 0.493 e. The summed E-state index contributed by atoms with van der Waals surface area (Å²) in [5, 5.41) is 14.1. The lowest BCUT2D eigenvalue weighted by molar-refractivity contribution is -0.127. The molecule has 0 aliphatic carbocycles. The van der Waals surface area contributed by atoms with Crippen molar-refractivity contribution in [3.8, 4) is 11.5 Å². The molecule has 0 fully saturated rings. The van der Waals surface area contributed by atoms with Crippen LogP contribution < -0.4 is 20.5 Å². The Hall–Kier alpha value is -2.61. The first kappa shape index (κ1) is 32.6. The molecule has 0 aliphatic rings. The molecule has 218 valence electrons. The predicted octanol–water partition coefficient (Wildman–Crippen LogP) is 4.98. The SMILES string of the molecule is COCCCOc1cc(C[C@@H](C[C@H](N)[C@@H](O)C[C@H](C(=O)NCc2ccccc2)C(C)C)C(C)C)ccc1OC. The van der Waals surface area contributed by atoms with Gasteiger partial charge in [-0.3, -0.25) is 4.79 Å². The molecular weight excluding hydrogens is 492 g/mol. The molecule has 0 aromatic heterocycles. The quantitative estimate of drug-likeness (QED) is 0.230. The fourth-order valence-corrected chi connectivity index (χ4v) is 4.78. The molecule has 39 heavy (non-hydrogen) atoms. The molecular formula is C32H50N2O5. The third-order valence-electron chi connectivity index (χ3n) is 7.43. The van der Waals surface area contributed by atoms with Crippen LogP contribution in [0, 0.1) is 23.7 Å². The van der Waals surface area contributed by atoms with Crippen LogP contribution in [0.2, 0.25) is 0 Å². The van der Waals surface area contributed by atoms with E-state index in [1.165, 1.54) is 0 Å². The van der Waals surface area contributed by atoms with Crippen molar-refractivity contribution in [2.45, 2.75) is 72.1 Å². The number of ether oxygens (including phenoxy) is 3.